The van der Waals surface area contributed by atoms with Crippen molar-refractivity contribution < 1.29 is 10.2 Å². The van der Waals surface area contributed by atoms with E-state index in [2.05, 4.69) is 0 Å². The highest BCUT2D eigenvalue weighted by Gasteiger charge is 2.10. The molecule has 0 radical (unpaired) electrons. The quantitative estimate of drug-likeness (QED) is 0.781. The zero-order valence-electron chi connectivity index (χ0n) is 10.3. The Morgan fingerprint density at radius 3 is 2.06 bits per heavy atom. The van der Waals surface area contributed by atoms with Gasteiger partial charge in [0.2, 0.25) is 0 Å². The number of benzene rings is 2. The molecule has 88 valence electrons. The van der Waals surface area contributed by atoms with Crippen LogP contribution in [0.3, 0.4) is 0 Å². The second-order valence-corrected chi connectivity index (χ2v) is 4.48. The molecule has 0 heterocycles. The average Bonchev–Trinajstić information content (AvgIpc) is 2.27. The van der Waals surface area contributed by atoms with Gasteiger partial charge in [-0.3, -0.25) is 0 Å². The highest BCUT2D eigenvalue weighted by Crippen LogP contribution is 2.36. The van der Waals surface area contributed by atoms with E-state index in [0.717, 1.165) is 27.8 Å². The first-order valence-electron chi connectivity index (χ1n) is 5.59. The molecule has 2 aromatic carbocycles. The van der Waals surface area contributed by atoms with Crippen molar-refractivity contribution in [3.8, 4) is 22.6 Å². The third-order valence-corrected chi connectivity index (χ3v) is 2.97. The summed E-state index contributed by atoms with van der Waals surface area (Å²) in [5.41, 5.74) is 4.49. The summed E-state index contributed by atoms with van der Waals surface area (Å²) in [4.78, 5) is 0. The van der Waals surface area contributed by atoms with Crippen LogP contribution in [0.1, 0.15) is 16.7 Å². The van der Waals surface area contributed by atoms with Crippen molar-refractivity contribution in [2.45, 2.75) is 20.8 Å². The molecule has 0 aliphatic heterocycles. The number of rotatable bonds is 1. The molecule has 17 heavy (non-hydrogen) atoms. The van der Waals surface area contributed by atoms with Crippen LogP contribution in [0.25, 0.3) is 11.1 Å². The van der Waals surface area contributed by atoms with Crippen LogP contribution in [0.5, 0.6) is 11.5 Å². The molecule has 0 atom stereocenters. The van der Waals surface area contributed by atoms with Gasteiger partial charge in [-0.1, -0.05) is 17.7 Å². The van der Waals surface area contributed by atoms with E-state index in [0.29, 0.717) is 0 Å². The molecule has 0 fully saturated rings. The number of hydrogen-bond acceptors (Lipinski definition) is 2. The molecule has 0 unspecified atom stereocenters. The molecule has 2 rings (SSSR count). The minimum atomic E-state index is 0.240. The fourth-order valence-electron chi connectivity index (χ4n) is 1.98. The number of aryl methyl sites for hydroxylation is 2. The molecule has 2 aromatic rings. The molecule has 0 aliphatic rings. The van der Waals surface area contributed by atoms with Crippen molar-refractivity contribution in [2.75, 3.05) is 0 Å². The predicted molar refractivity (Wildman–Crippen MR) is 69.4 cm³/mol. The van der Waals surface area contributed by atoms with E-state index in [-0.39, 0.29) is 11.5 Å². The monoisotopic (exact) mass is 228 g/mol. The molecule has 0 aliphatic carbocycles. The smallest absolute Gasteiger partial charge is 0.123 e. The molecule has 0 saturated heterocycles. The first-order chi connectivity index (χ1) is 7.99. The van der Waals surface area contributed by atoms with Crippen molar-refractivity contribution in [1.82, 2.24) is 0 Å². The fraction of sp³-hybridized carbons (Fsp3) is 0.200. The lowest BCUT2D eigenvalue weighted by Crippen LogP contribution is -1.88. The Kier molecular flexibility index (Phi) is 2.80. The van der Waals surface area contributed by atoms with Gasteiger partial charge in [0.05, 0.1) is 0 Å². The molecule has 0 saturated carbocycles. The van der Waals surface area contributed by atoms with Gasteiger partial charge in [-0.15, -0.1) is 0 Å². The van der Waals surface area contributed by atoms with Crippen LogP contribution in [0.4, 0.5) is 0 Å². The van der Waals surface area contributed by atoms with Crippen molar-refractivity contribution in [2.24, 2.45) is 0 Å². The third-order valence-electron chi connectivity index (χ3n) is 2.97. The van der Waals surface area contributed by atoms with Crippen LogP contribution < -0.4 is 0 Å². The van der Waals surface area contributed by atoms with Gasteiger partial charge in [0.15, 0.2) is 0 Å². The molecular formula is C15H16O2. The molecule has 0 aromatic heterocycles. The summed E-state index contributed by atoms with van der Waals surface area (Å²) in [6, 6.07) is 9.18. The van der Waals surface area contributed by atoms with Crippen LogP contribution in [0, 0.1) is 20.8 Å². The highest BCUT2D eigenvalue weighted by molar-refractivity contribution is 5.76. The van der Waals surface area contributed by atoms with Gasteiger partial charge in [0.1, 0.15) is 11.5 Å². The summed E-state index contributed by atoms with van der Waals surface area (Å²) >= 11 is 0. The molecule has 2 heteroatoms. The van der Waals surface area contributed by atoms with Gasteiger partial charge in [-0.05, 0) is 55.7 Å². The second-order valence-electron chi connectivity index (χ2n) is 4.48. The molecule has 2 N–H and O–H groups in total. The summed E-state index contributed by atoms with van der Waals surface area (Å²) in [5, 5.41) is 19.7. The van der Waals surface area contributed by atoms with Gasteiger partial charge < -0.3 is 10.2 Å². The Labute approximate surface area is 101 Å². The summed E-state index contributed by atoms with van der Waals surface area (Å²) in [5.74, 6) is 0.504. The Balaban J connectivity index is 2.72. The molecule has 2 nitrogen and oxygen atoms in total. The zero-order chi connectivity index (χ0) is 12.6. The van der Waals surface area contributed by atoms with Crippen LogP contribution in [-0.4, -0.2) is 10.2 Å². The van der Waals surface area contributed by atoms with Crippen molar-refractivity contribution in [3.63, 3.8) is 0 Å². The highest BCUT2D eigenvalue weighted by atomic mass is 16.3. The normalized spacial score (nSPS) is 10.5. The van der Waals surface area contributed by atoms with E-state index in [4.69, 9.17) is 0 Å². The third kappa shape index (κ3) is 2.11. The van der Waals surface area contributed by atoms with Crippen LogP contribution in [0.2, 0.25) is 0 Å². The fourth-order valence-corrected chi connectivity index (χ4v) is 1.98. The maximum atomic E-state index is 9.91. The van der Waals surface area contributed by atoms with Crippen LogP contribution in [-0.2, 0) is 0 Å². The molecule has 0 spiro atoms. The van der Waals surface area contributed by atoms with Crippen LogP contribution >= 0.6 is 0 Å². The SMILES string of the molecule is Cc1ccc(O)c(-c2cc(C)cc(O)c2C)c1. The van der Waals surface area contributed by atoms with E-state index in [1.165, 1.54) is 0 Å². The second kappa shape index (κ2) is 4.13. The average molecular weight is 228 g/mol. The van der Waals surface area contributed by atoms with Gasteiger partial charge in [0, 0.05) is 5.56 Å². The molecule has 0 amide bonds. The number of aromatic hydroxyl groups is 2. The van der Waals surface area contributed by atoms with Gasteiger partial charge in [-0.25, -0.2) is 0 Å². The Hall–Kier alpha value is -1.96. The predicted octanol–water partition coefficient (Wildman–Crippen LogP) is 3.69. The molecular weight excluding hydrogens is 212 g/mol. The first-order valence-corrected chi connectivity index (χ1v) is 5.59. The lowest BCUT2D eigenvalue weighted by Gasteiger charge is -2.12. The topological polar surface area (TPSA) is 40.5 Å². The van der Waals surface area contributed by atoms with Crippen molar-refractivity contribution in [1.29, 1.82) is 0 Å². The summed E-state index contributed by atoms with van der Waals surface area (Å²) in [7, 11) is 0. The summed E-state index contributed by atoms with van der Waals surface area (Å²) in [6.07, 6.45) is 0. The van der Waals surface area contributed by atoms with E-state index in [9.17, 15) is 10.2 Å². The van der Waals surface area contributed by atoms with E-state index < -0.39 is 0 Å². The Morgan fingerprint density at radius 1 is 0.706 bits per heavy atom. The minimum absolute atomic E-state index is 0.240. The van der Waals surface area contributed by atoms with Gasteiger partial charge >= 0.3 is 0 Å². The summed E-state index contributed by atoms with van der Waals surface area (Å²) < 4.78 is 0. The van der Waals surface area contributed by atoms with E-state index >= 15 is 0 Å². The zero-order valence-corrected chi connectivity index (χ0v) is 10.3. The Morgan fingerprint density at radius 2 is 1.35 bits per heavy atom. The molecule has 0 bridgehead atoms. The van der Waals surface area contributed by atoms with E-state index in [1.54, 1.807) is 12.1 Å². The number of hydrogen-bond donors (Lipinski definition) is 2. The lowest BCUT2D eigenvalue weighted by molar-refractivity contribution is 0.470. The van der Waals surface area contributed by atoms with Crippen molar-refractivity contribution in [3.05, 3.63) is 47.0 Å². The minimum Gasteiger partial charge on any atom is -0.508 e. The van der Waals surface area contributed by atoms with Crippen molar-refractivity contribution >= 4 is 0 Å². The van der Waals surface area contributed by atoms with E-state index in [1.807, 2.05) is 39.0 Å². The number of phenolic OH excluding ortho intramolecular Hbond substituents is 2. The van der Waals surface area contributed by atoms with Gasteiger partial charge in [0.25, 0.3) is 0 Å². The standard InChI is InChI=1S/C15H16O2/c1-9-4-5-14(16)13(6-9)12-7-10(2)8-15(17)11(12)3/h4-8,16-17H,1-3H3. The Bertz CT molecular complexity index is 571. The first kappa shape index (κ1) is 11.5. The van der Waals surface area contributed by atoms with Gasteiger partial charge in [-0.2, -0.15) is 0 Å². The lowest BCUT2D eigenvalue weighted by atomic mass is 9.96. The largest absolute Gasteiger partial charge is 0.508 e. The summed E-state index contributed by atoms with van der Waals surface area (Å²) in [6.45, 7) is 5.76. The maximum absolute atomic E-state index is 9.91. The number of phenols is 2. The van der Waals surface area contributed by atoms with Crippen LogP contribution in [0.15, 0.2) is 30.3 Å². The maximum Gasteiger partial charge on any atom is 0.123 e.